The second kappa shape index (κ2) is 10.7. The Morgan fingerprint density at radius 2 is 0.568 bits per heavy atom. The van der Waals surface area contributed by atoms with Gasteiger partial charge in [-0.25, -0.2) is 0 Å². The number of aryl methyl sites for hydroxylation is 2. The van der Waals surface area contributed by atoms with Crippen LogP contribution in [0.2, 0.25) is 0 Å². The first kappa shape index (κ1) is 26.2. The number of benzene rings is 8. The lowest BCUT2D eigenvalue weighted by molar-refractivity contribution is 1.50. The van der Waals surface area contributed by atoms with Crippen molar-refractivity contribution in [2.75, 3.05) is 0 Å². The fourth-order valence-electron chi connectivity index (χ4n) is 7.06. The van der Waals surface area contributed by atoms with E-state index in [2.05, 4.69) is 172 Å². The highest BCUT2D eigenvalue weighted by Gasteiger charge is 2.26. The summed E-state index contributed by atoms with van der Waals surface area (Å²) in [5, 5.41) is 7.80. The molecule has 0 heteroatoms. The monoisotopic (exact) mass is 560 g/mol. The molecular formula is C44H32. The average molecular weight is 561 g/mol. The Balaban J connectivity index is 1.78. The van der Waals surface area contributed by atoms with Crippen molar-refractivity contribution in [3.63, 3.8) is 0 Å². The van der Waals surface area contributed by atoms with Crippen LogP contribution in [0.4, 0.5) is 0 Å². The molecule has 0 unspecified atom stereocenters. The van der Waals surface area contributed by atoms with E-state index in [4.69, 9.17) is 0 Å². The van der Waals surface area contributed by atoms with Crippen LogP contribution in [0.5, 0.6) is 0 Å². The molecule has 0 aliphatic rings. The summed E-state index contributed by atoms with van der Waals surface area (Å²) in [5.74, 6) is 0. The van der Waals surface area contributed by atoms with E-state index in [9.17, 15) is 0 Å². The largest absolute Gasteiger partial charge is 0.0622 e. The summed E-state index contributed by atoms with van der Waals surface area (Å²) >= 11 is 0. The van der Waals surface area contributed by atoms with E-state index < -0.39 is 0 Å². The predicted molar refractivity (Wildman–Crippen MR) is 190 cm³/mol. The van der Waals surface area contributed by atoms with Gasteiger partial charge in [0.2, 0.25) is 0 Å². The molecule has 0 N–H and O–H groups in total. The van der Waals surface area contributed by atoms with E-state index in [1.807, 2.05) is 0 Å². The number of rotatable bonds is 4. The third kappa shape index (κ3) is 4.22. The van der Waals surface area contributed by atoms with Gasteiger partial charge in [0.1, 0.15) is 0 Å². The Labute approximate surface area is 258 Å². The molecule has 208 valence electrons. The molecule has 0 nitrogen and oxygen atoms in total. The van der Waals surface area contributed by atoms with Crippen molar-refractivity contribution in [1.29, 1.82) is 0 Å². The molecule has 8 rings (SSSR count). The summed E-state index contributed by atoms with van der Waals surface area (Å²) in [5.41, 5.74) is 12.5. The molecule has 0 heterocycles. The average Bonchev–Trinajstić information content (AvgIpc) is 3.08. The minimum atomic E-state index is 1.22. The molecule has 0 fully saturated rings. The lowest BCUT2D eigenvalue weighted by Crippen LogP contribution is -1.99. The van der Waals surface area contributed by atoms with Gasteiger partial charge in [0, 0.05) is 0 Å². The van der Waals surface area contributed by atoms with Crippen LogP contribution in [0.15, 0.2) is 158 Å². The quantitative estimate of drug-likeness (QED) is 0.188. The predicted octanol–water partition coefficient (Wildman–Crippen LogP) is 12.4. The summed E-state index contributed by atoms with van der Waals surface area (Å²) in [6.45, 7) is 4.40. The Morgan fingerprint density at radius 1 is 0.273 bits per heavy atom. The summed E-state index contributed by atoms with van der Waals surface area (Å²) in [7, 11) is 0. The Bertz CT molecular complexity index is 2130. The molecule has 8 aromatic carbocycles. The van der Waals surface area contributed by atoms with E-state index in [0.717, 1.165) is 0 Å². The molecule has 0 saturated carbocycles. The fourth-order valence-corrected chi connectivity index (χ4v) is 7.06. The van der Waals surface area contributed by atoms with Crippen LogP contribution in [-0.2, 0) is 0 Å². The van der Waals surface area contributed by atoms with Gasteiger partial charge in [-0.05, 0) is 90.7 Å². The lowest BCUT2D eigenvalue weighted by Gasteiger charge is -2.26. The van der Waals surface area contributed by atoms with Crippen LogP contribution in [0, 0.1) is 13.8 Å². The minimum Gasteiger partial charge on any atom is -0.0622 e. The zero-order valence-electron chi connectivity index (χ0n) is 25.0. The first-order chi connectivity index (χ1) is 21.7. The molecule has 0 radical (unpaired) electrons. The lowest BCUT2D eigenvalue weighted by atomic mass is 9.76. The van der Waals surface area contributed by atoms with Gasteiger partial charge in [-0.1, -0.05) is 169 Å². The van der Waals surface area contributed by atoms with E-state index in [-0.39, 0.29) is 0 Å². The van der Waals surface area contributed by atoms with Crippen LogP contribution in [-0.4, -0.2) is 0 Å². The third-order valence-electron chi connectivity index (χ3n) is 8.93. The van der Waals surface area contributed by atoms with Gasteiger partial charge < -0.3 is 0 Å². The molecule has 0 aliphatic carbocycles. The van der Waals surface area contributed by atoms with Gasteiger partial charge in [-0.3, -0.25) is 0 Å². The Hall–Kier alpha value is -5.46. The van der Waals surface area contributed by atoms with Gasteiger partial charge in [-0.2, -0.15) is 0 Å². The van der Waals surface area contributed by atoms with Gasteiger partial charge in [-0.15, -0.1) is 0 Å². The third-order valence-corrected chi connectivity index (χ3v) is 8.93. The van der Waals surface area contributed by atoms with E-state index in [0.29, 0.717) is 0 Å². The summed E-state index contributed by atoms with van der Waals surface area (Å²) in [6, 6.07) is 58.0. The molecule has 0 amide bonds. The number of hydrogen-bond donors (Lipinski definition) is 0. The minimum absolute atomic E-state index is 1.22. The zero-order chi connectivity index (χ0) is 29.6. The number of hydrogen-bond acceptors (Lipinski definition) is 0. The number of fused-ring (bicyclic) bond motifs is 6. The molecule has 0 atom stereocenters. The molecular weight excluding hydrogens is 528 g/mol. The highest BCUT2D eigenvalue weighted by atomic mass is 14.3. The van der Waals surface area contributed by atoms with E-state index in [1.165, 1.54) is 88.0 Å². The SMILES string of the molecule is Cc1ccc2c(c1)c1cc(C)ccc1c1c(-c3ccccc3)c(-c3ccccc3)c(-c3ccccc3)c(-c3ccccc3)c21. The van der Waals surface area contributed by atoms with Crippen LogP contribution in [0.1, 0.15) is 11.1 Å². The first-order valence-electron chi connectivity index (χ1n) is 15.4. The topological polar surface area (TPSA) is 0 Å². The van der Waals surface area contributed by atoms with Crippen molar-refractivity contribution in [2.24, 2.45) is 0 Å². The molecule has 0 aromatic heterocycles. The van der Waals surface area contributed by atoms with E-state index >= 15 is 0 Å². The first-order valence-corrected chi connectivity index (χ1v) is 15.4. The summed E-state index contributed by atoms with van der Waals surface area (Å²) in [6.07, 6.45) is 0. The van der Waals surface area contributed by atoms with Crippen LogP contribution < -0.4 is 0 Å². The van der Waals surface area contributed by atoms with Crippen molar-refractivity contribution in [1.82, 2.24) is 0 Å². The highest BCUT2D eigenvalue weighted by molar-refractivity contribution is 6.35. The maximum Gasteiger partial charge on any atom is -0.000741 e. The van der Waals surface area contributed by atoms with E-state index in [1.54, 1.807) is 0 Å². The van der Waals surface area contributed by atoms with Crippen LogP contribution in [0.25, 0.3) is 76.8 Å². The maximum atomic E-state index is 2.38. The molecule has 0 spiro atoms. The smallest absolute Gasteiger partial charge is 0.000741 e. The van der Waals surface area contributed by atoms with Crippen molar-refractivity contribution >= 4 is 32.3 Å². The van der Waals surface area contributed by atoms with Gasteiger partial charge in [0.25, 0.3) is 0 Å². The van der Waals surface area contributed by atoms with Gasteiger partial charge >= 0.3 is 0 Å². The Morgan fingerprint density at radius 3 is 0.886 bits per heavy atom. The standard InChI is InChI=1S/C44H32/c1-29-23-25-35-37(27-29)38-28-30(2)24-26-36(38)44-42(34-21-13-6-14-22-34)40(32-17-9-4-10-18-32)39(31-15-7-3-8-16-31)41(43(35)44)33-19-11-5-12-20-33/h3-28H,1-2H3. The molecule has 0 saturated heterocycles. The van der Waals surface area contributed by atoms with Crippen molar-refractivity contribution in [2.45, 2.75) is 13.8 Å². The van der Waals surface area contributed by atoms with Gasteiger partial charge in [0.15, 0.2) is 0 Å². The van der Waals surface area contributed by atoms with Gasteiger partial charge in [0.05, 0.1) is 0 Å². The van der Waals surface area contributed by atoms with Crippen LogP contribution >= 0.6 is 0 Å². The summed E-state index contributed by atoms with van der Waals surface area (Å²) in [4.78, 5) is 0. The normalized spacial score (nSPS) is 11.4. The highest BCUT2D eigenvalue weighted by Crippen LogP contribution is 2.54. The van der Waals surface area contributed by atoms with Crippen molar-refractivity contribution < 1.29 is 0 Å². The fraction of sp³-hybridized carbons (Fsp3) is 0.0455. The second-order valence-corrected chi connectivity index (χ2v) is 11.8. The molecule has 44 heavy (non-hydrogen) atoms. The Kier molecular flexibility index (Phi) is 6.35. The second-order valence-electron chi connectivity index (χ2n) is 11.8. The molecule has 8 aromatic rings. The van der Waals surface area contributed by atoms with Crippen LogP contribution in [0.3, 0.4) is 0 Å². The molecule has 0 aliphatic heterocycles. The summed E-state index contributed by atoms with van der Waals surface area (Å²) < 4.78 is 0. The molecule has 0 bridgehead atoms. The van der Waals surface area contributed by atoms with Crippen molar-refractivity contribution in [3.8, 4) is 44.5 Å². The van der Waals surface area contributed by atoms with Crippen molar-refractivity contribution in [3.05, 3.63) is 169 Å². The maximum absolute atomic E-state index is 2.38. The zero-order valence-corrected chi connectivity index (χ0v) is 25.0.